The molecule has 30 heavy (non-hydrogen) atoms. The van der Waals surface area contributed by atoms with Crippen LogP contribution in [0.25, 0.3) is 0 Å². The second kappa shape index (κ2) is 10.1. The van der Waals surface area contributed by atoms with Crippen LogP contribution in [-0.2, 0) is 0 Å². The van der Waals surface area contributed by atoms with Gasteiger partial charge in [0.05, 0.1) is 6.04 Å². The maximum atomic E-state index is 13.7. The van der Waals surface area contributed by atoms with E-state index in [4.69, 9.17) is 0 Å². The van der Waals surface area contributed by atoms with Crippen molar-refractivity contribution >= 4 is 5.91 Å². The number of benzene rings is 1. The fourth-order valence-corrected chi connectivity index (χ4v) is 4.39. The highest BCUT2D eigenvalue weighted by molar-refractivity contribution is 5.95. The number of amides is 1. The van der Waals surface area contributed by atoms with Gasteiger partial charge in [-0.05, 0) is 58.0 Å². The van der Waals surface area contributed by atoms with Crippen molar-refractivity contribution in [1.29, 1.82) is 0 Å². The Bertz CT molecular complexity index is 898. The standard InChI is InChI=1S/C25H35N3O2/c1-19-15-16-27(20(2)21-11-7-5-8-12-21)24(29)23(19)25(30)28(18-17-26(3)4)22-13-9-6-10-14-22/h5,7-8,11-12,15-16,20,22H,6,9-10,13-14,17-18H2,1-4H3. The van der Waals surface area contributed by atoms with Gasteiger partial charge >= 0.3 is 0 Å². The molecular weight excluding hydrogens is 374 g/mol. The molecule has 0 saturated heterocycles. The molecule has 1 heterocycles. The van der Waals surface area contributed by atoms with Crippen molar-refractivity contribution in [2.45, 2.75) is 58.0 Å². The smallest absolute Gasteiger partial charge is 0.264 e. The van der Waals surface area contributed by atoms with E-state index in [1.54, 1.807) is 4.57 Å². The van der Waals surface area contributed by atoms with Gasteiger partial charge in [-0.15, -0.1) is 0 Å². The topological polar surface area (TPSA) is 45.6 Å². The first-order valence-corrected chi connectivity index (χ1v) is 11.1. The minimum atomic E-state index is -0.193. The summed E-state index contributed by atoms with van der Waals surface area (Å²) in [6.45, 7) is 5.32. The van der Waals surface area contributed by atoms with Crippen molar-refractivity contribution in [3.63, 3.8) is 0 Å². The Morgan fingerprint density at radius 3 is 2.37 bits per heavy atom. The van der Waals surface area contributed by atoms with Gasteiger partial charge in [0.2, 0.25) is 0 Å². The summed E-state index contributed by atoms with van der Waals surface area (Å²) in [6, 6.07) is 12.0. The lowest BCUT2D eigenvalue weighted by Crippen LogP contribution is -2.47. The highest BCUT2D eigenvalue weighted by Crippen LogP contribution is 2.24. The Kier molecular flexibility index (Phi) is 7.48. The number of carbonyl (C=O) groups is 1. The maximum absolute atomic E-state index is 13.7. The monoisotopic (exact) mass is 409 g/mol. The summed E-state index contributed by atoms with van der Waals surface area (Å²) < 4.78 is 1.70. The fourth-order valence-electron chi connectivity index (χ4n) is 4.39. The van der Waals surface area contributed by atoms with Crippen molar-refractivity contribution in [3.05, 3.63) is 69.6 Å². The minimum Gasteiger partial charge on any atom is -0.334 e. The van der Waals surface area contributed by atoms with E-state index in [9.17, 15) is 9.59 Å². The van der Waals surface area contributed by atoms with Crippen LogP contribution in [0.1, 0.15) is 66.6 Å². The number of aromatic nitrogens is 1. The van der Waals surface area contributed by atoms with Crippen molar-refractivity contribution in [2.75, 3.05) is 27.2 Å². The number of pyridine rings is 1. The first kappa shape index (κ1) is 22.3. The highest BCUT2D eigenvalue weighted by atomic mass is 16.2. The molecule has 1 fully saturated rings. The third kappa shape index (κ3) is 5.01. The molecule has 2 aromatic rings. The van der Waals surface area contributed by atoms with Crippen LogP contribution in [0.3, 0.4) is 0 Å². The van der Waals surface area contributed by atoms with Crippen LogP contribution in [0.15, 0.2) is 47.4 Å². The molecule has 1 saturated carbocycles. The number of hydrogen-bond donors (Lipinski definition) is 0. The third-order valence-corrected chi connectivity index (χ3v) is 6.31. The van der Waals surface area contributed by atoms with Crippen LogP contribution in [0.2, 0.25) is 0 Å². The summed E-state index contributed by atoms with van der Waals surface area (Å²) in [5, 5.41) is 0. The number of likely N-dealkylation sites (N-methyl/N-ethyl adjacent to an activating group) is 1. The minimum absolute atomic E-state index is 0.110. The Morgan fingerprint density at radius 1 is 1.07 bits per heavy atom. The van der Waals surface area contributed by atoms with Gasteiger partial charge < -0.3 is 14.4 Å². The molecule has 0 spiro atoms. The molecule has 5 heteroatoms. The zero-order chi connectivity index (χ0) is 21.7. The Labute approximate surface area is 180 Å². The highest BCUT2D eigenvalue weighted by Gasteiger charge is 2.29. The van der Waals surface area contributed by atoms with Crippen molar-refractivity contribution < 1.29 is 4.79 Å². The molecule has 0 bridgehead atoms. The van der Waals surface area contributed by atoms with Gasteiger partial charge in [0, 0.05) is 25.3 Å². The molecule has 0 N–H and O–H groups in total. The lowest BCUT2D eigenvalue weighted by atomic mass is 9.93. The predicted molar refractivity (Wildman–Crippen MR) is 122 cm³/mol. The lowest BCUT2D eigenvalue weighted by Gasteiger charge is -2.35. The van der Waals surface area contributed by atoms with E-state index in [1.165, 1.54) is 6.42 Å². The number of carbonyl (C=O) groups excluding carboxylic acids is 1. The van der Waals surface area contributed by atoms with E-state index in [-0.39, 0.29) is 23.6 Å². The normalized spacial score (nSPS) is 15.9. The predicted octanol–water partition coefficient (Wildman–Crippen LogP) is 4.10. The molecule has 1 aromatic carbocycles. The molecule has 1 aromatic heterocycles. The van der Waals surface area contributed by atoms with Gasteiger partial charge in [-0.2, -0.15) is 0 Å². The zero-order valence-electron chi connectivity index (χ0n) is 18.8. The first-order valence-electron chi connectivity index (χ1n) is 11.1. The Hall–Kier alpha value is -2.40. The average molecular weight is 410 g/mol. The quantitative estimate of drug-likeness (QED) is 0.692. The van der Waals surface area contributed by atoms with Crippen LogP contribution >= 0.6 is 0 Å². The largest absolute Gasteiger partial charge is 0.334 e. The van der Waals surface area contributed by atoms with Crippen LogP contribution < -0.4 is 5.56 Å². The summed E-state index contributed by atoms with van der Waals surface area (Å²) >= 11 is 0. The zero-order valence-corrected chi connectivity index (χ0v) is 18.8. The van der Waals surface area contributed by atoms with E-state index in [0.29, 0.717) is 12.1 Å². The summed E-state index contributed by atoms with van der Waals surface area (Å²) in [4.78, 5) is 31.2. The Balaban J connectivity index is 1.97. The van der Waals surface area contributed by atoms with E-state index < -0.39 is 0 Å². The van der Waals surface area contributed by atoms with Gasteiger partial charge in [-0.3, -0.25) is 9.59 Å². The fraction of sp³-hybridized carbons (Fsp3) is 0.520. The van der Waals surface area contributed by atoms with Gasteiger partial charge in [0.25, 0.3) is 11.5 Å². The van der Waals surface area contributed by atoms with Crippen LogP contribution in [0, 0.1) is 6.92 Å². The van der Waals surface area contributed by atoms with E-state index in [2.05, 4.69) is 4.90 Å². The van der Waals surface area contributed by atoms with Gasteiger partial charge in [-0.1, -0.05) is 49.6 Å². The molecule has 0 aliphatic heterocycles. The van der Waals surface area contributed by atoms with Crippen LogP contribution in [0.5, 0.6) is 0 Å². The molecular formula is C25H35N3O2. The molecule has 1 atom stereocenters. The molecule has 1 aliphatic rings. The lowest BCUT2D eigenvalue weighted by molar-refractivity contribution is 0.0615. The Morgan fingerprint density at radius 2 is 1.73 bits per heavy atom. The molecule has 1 amide bonds. The van der Waals surface area contributed by atoms with Crippen LogP contribution in [-0.4, -0.2) is 53.5 Å². The van der Waals surface area contributed by atoms with Crippen LogP contribution in [0.4, 0.5) is 0 Å². The first-order chi connectivity index (χ1) is 14.4. The van der Waals surface area contributed by atoms with Gasteiger partial charge in [-0.25, -0.2) is 0 Å². The molecule has 1 aliphatic carbocycles. The summed E-state index contributed by atoms with van der Waals surface area (Å²) in [7, 11) is 4.04. The molecule has 5 nitrogen and oxygen atoms in total. The summed E-state index contributed by atoms with van der Waals surface area (Å²) in [5.41, 5.74) is 1.94. The molecule has 0 radical (unpaired) electrons. The summed E-state index contributed by atoms with van der Waals surface area (Å²) in [5.74, 6) is -0.110. The third-order valence-electron chi connectivity index (χ3n) is 6.31. The molecule has 162 valence electrons. The number of hydrogen-bond acceptors (Lipinski definition) is 3. The average Bonchev–Trinajstić information content (AvgIpc) is 2.75. The number of aryl methyl sites for hydroxylation is 1. The van der Waals surface area contributed by atoms with Crippen molar-refractivity contribution in [3.8, 4) is 0 Å². The summed E-state index contributed by atoms with van der Waals surface area (Å²) in [6.07, 6.45) is 7.41. The van der Waals surface area contributed by atoms with Gasteiger partial charge in [0.15, 0.2) is 0 Å². The van der Waals surface area contributed by atoms with E-state index in [1.807, 2.05) is 75.4 Å². The van der Waals surface area contributed by atoms with Gasteiger partial charge in [0.1, 0.15) is 5.56 Å². The second-order valence-electron chi connectivity index (χ2n) is 8.77. The maximum Gasteiger partial charge on any atom is 0.264 e. The molecule has 1 unspecified atom stereocenters. The number of rotatable bonds is 7. The second-order valence-corrected chi connectivity index (χ2v) is 8.77. The number of nitrogens with zero attached hydrogens (tertiary/aromatic N) is 3. The SMILES string of the molecule is Cc1ccn(C(C)c2ccccc2)c(=O)c1C(=O)N(CCN(C)C)C1CCCCC1. The van der Waals surface area contributed by atoms with Crippen molar-refractivity contribution in [2.24, 2.45) is 0 Å². The van der Waals surface area contributed by atoms with E-state index in [0.717, 1.165) is 43.4 Å². The van der Waals surface area contributed by atoms with E-state index >= 15 is 0 Å². The molecule has 3 rings (SSSR count). The van der Waals surface area contributed by atoms with Crippen molar-refractivity contribution in [1.82, 2.24) is 14.4 Å².